The van der Waals surface area contributed by atoms with Gasteiger partial charge in [-0.1, -0.05) is 60.5 Å². The fourth-order valence-corrected chi connectivity index (χ4v) is 5.14. The first-order chi connectivity index (χ1) is 15.9. The quantitative estimate of drug-likeness (QED) is 0.330. The van der Waals surface area contributed by atoms with Crippen LogP contribution in [0.3, 0.4) is 0 Å². The van der Waals surface area contributed by atoms with Gasteiger partial charge in [0, 0.05) is 0 Å². The van der Waals surface area contributed by atoms with E-state index in [-0.39, 0.29) is 5.91 Å². The maximum atomic E-state index is 12.5. The number of hydrogen-bond acceptors (Lipinski definition) is 4. The molecule has 3 aromatic carbocycles. The molecule has 0 bridgehead atoms. The second-order valence-electron chi connectivity index (χ2n) is 7.59. The van der Waals surface area contributed by atoms with Crippen molar-refractivity contribution in [3.05, 3.63) is 97.3 Å². The third-order valence-corrected chi connectivity index (χ3v) is 6.79. The first-order valence-electron chi connectivity index (χ1n) is 10.5. The van der Waals surface area contributed by atoms with Gasteiger partial charge in [0.15, 0.2) is 10.9 Å². The third-order valence-electron chi connectivity index (χ3n) is 5.01. The van der Waals surface area contributed by atoms with Gasteiger partial charge >= 0.3 is 0 Å². The summed E-state index contributed by atoms with van der Waals surface area (Å²) in [6.07, 6.45) is 2.77. The number of carbonyl (C=O) groups excluding carboxylic acids is 1. The molecule has 3 aromatic rings. The van der Waals surface area contributed by atoms with Crippen molar-refractivity contribution in [2.45, 2.75) is 26.9 Å². The van der Waals surface area contributed by atoms with Crippen LogP contribution in [0.4, 0.5) is 5.69 Å². The lowest BCUT2D eigenvalue weighted by Gasteiger charge is -2.11. The Morgan fingerprint density at radius 2 is 1.91 bits per heavy atom. The summed E-state index contributed by atoms with van der Waals surface area (Å²) >= 11 is 11.4. The van der Waals surface area contributed by atoms with Crippen molar-refractivity contribution in [2.75, 3.05) is 0 Å². The zero-order valence-electron chi connectivity index (χ0n) is 18.2. The lowest BCUT2D eigenvalue weighted by atomic mass is 10.1. The molecular weight excluding hydrogens is 520 g/mol. The molecule has 0 atom stereocenters. The number of aryl methyl sites for hydroxylation is 2. The summed E-state index contributed by atoms with van der Waals surface area (Å²) in [7, 11) is 0. The van der Waals surface area contributed by atoms with Crippen LogP contribution in [0.1, 0.15) is 29.2 Å². The molecule has 1 heterocycles. The third kappa shape index (κ3) is 6.08. The van der Waals surface area contributed by atoms with Gasteiger partial charge in [0.2, 0.25) is 0 Å². The standard InChI is InChI=1S/C26H22BrClN2O2S/c1-3-17-7-9-20(10-8-17)29-26-30-25(31)23(33-26)14-19-12-21(27)24(22(28)13-19)32-15-18-6-4-5-16(2)11-18/h4-14H,3,15H2,1-2H3,(H,29,30,31)/b23-14-. The molecule has 0 radical (unpaired) electrons. The Balaban J connectivity index is 1.49. The van der Waals surface area contributed by atoms with E-state index in [1.807, 2.05) is 55.5 Å². The number of benzene rings is 3. The zero-order chi connectivity index (χ0) is 23.4. The highest BCUT2D eigenvalue weighted by Crippen LogP contribution is 2.37. The summed E-state index contributed by atoms with van der Waals surface area (Å²) in [4.78, 5) is 17.5. The van der Waals surface area contributed by atoms with E-state index in [2.05, 4.69) is 39.2 Å². The maximum absolute atomic E-state index is 12.5. The van der Waals surface area contributed by atoms with Gasteiger partial charge in [-0.25, -0.2) is 4.99 Å². The fourth-order valence-electron chi connectivity index (χ4n) is 3.31. The normalized spacial score (nSPS) is 15.8. The van der Waals surface area contributed by atoms with E-state index >= 15 is 0 Å². The van der Waals surface area contributed by atoms with E-state index < -0.39 is 0 Å². The highest BCUT2D eigenvalue weighted by Gasteiger charge is 2.24. The summed E-state index contributed by atoms with van der Waals surface area (Å²) in [5.41, 5.74) is 5.09. The number of carbonyl (C=O) groups is 1. The molecule has 1 fully saturated rings. The van der Waals surface area contributed by atoms with Crippen molar-refractivity contribution >= 4 is 62.1 Å². The van der Waals surface area contributed by atoms with Crippen LogP contribution in [0.25, 0.3) is 6.08 Å². The van der Waals surface area contributed by atoms with Crippen molar-refractivity contribution in [2.24, 2.45) is 4.99 Å². The van der Waals surface area contributed by atoms with Crippen molar-refractivity contribution in [1.29, 1.82) is 0 Å². The number of halogens is 2. The lowest BCUT2D eigenvalue weighted by molar-refractivity contribution is -0.115. The first-order valence-corrected chi connectivity index (χ1v) is 12.5. The van der Waals surface area contributed by atoms with Crippen LogP contribution < -0.4 is 10.1 Å². The van der Waals surface area contributed by atoms with E-state index in [1.54, 1.807) is 12.1 Å². The average molecular weight is 542 g/mol. The zero-order valence-corrected chi connectivity index (χ0v) is 21.4. The number of amidine groups is 1. The van der Waals surface area contributed by atoms with Crippen molar-refractivity contribution < 1.29 is 9.53 Å². The van der Waals surface area contributed by atoms with Crippen LogP contribution in [0.2, 0.25) is 5.02 Å². The monoisotopic (exact) mass is 540 g/mol. The molecule has 1 aliphatic heterocycles. The van der Waals surface area contributed by atoms with Gasteiger partial charge in [-0.15, -0.1) is 0 Å². The minimum atomic E-state index is -0.184. The van der Waals surface area contributed by atoms with Crippen LogP contribution in [-0.4, -0.2) is 11.1 Å². The molecule has 0 aliphatic carbocycles. The molecule has 1 N–H and O–H groups in total. The Morgan fingerprint density at radius 3 is 2.61 bits per heavy atom. The number of hydrogen-bond donors (Lipinski definition) is 1. The number of nitrogens with one attached hydrogen (secondary N) is 1. The van der Waals surface area contributed by atoms with Crippen molar-refractivity contribution in [3.8, 4) is 5.75 Å². The van der Waals surface area contributed by atoms with Gasteiger partial charge < -0.3 is 10.1 Å². The van der Waals surface area contributed by atoms with Crippen LogP contribution in [0, 0.1) is 6.92 Å². The minimum Gasteiger partial charge on any atom is -0.486 e. The predicted molar refractivity (Wildman–Crippen MR) is 141 cm³/mol. The van der Waals surface area contributed by atoms with Gasteiger partial charge in [-0.2, -0.15) is 0 Å². The summed E-state index contributed by atoms with van der Waals surface area (Å²) in [5, 5.41) is 3.85. The Bertz CT molecular complexity index is 1230. The van der Waals surface area contributed by atoms with Crippen LogP contribution >= 0.6 is 39.3 Å². The van der Waals surface area contributed by atoms with E-state index in [0.29, 0.717) is 27.5 Å². The number of amides is 1. The van der Waals surface area contributed by atoms with Gasteiger partial charge in [0.05, 0.1) is 20.1 Å². The molecule has 7 heteroatoms. The summed E-state index contributed by atoms with van der Waals surface area (Å²) in [6.45, 7) is 4.57. The first kappa shape index (κ1) is 23.6. The Kier molecular flexibility index (Phi) is 7.58. The van der Waals surface area contributed by atoms with Crippen LogP contribution in [-0.2, 0) is 17.8 Å². The molecule has 1 amide bonds. The second kappa shape index (κ2) is 10.6. The van der Waals surface area contributed by atoms with E-state index in [4.69, 9.17) is 16.3 Å². The molecule has 0 saturated carbocycles. The molecular formula is C26H22BrClN2O2S. The molecule has 4 nitrogen and oxygen atoms in total. The largest absolute Gasteiger partial charge is 0.486 e. The molecule has 0 aromatic heterocycles. The second-order valence-corrected chi connectivity index (χ2v) is 9.89. The molecule has 0 unspecified atom stereocenters. The Labute approximate surface area is 211 Å². The molecule has 33 heavy (non-hydrogen) atoms. The van der Waals surface area contributed by atoms with Crippen molar-refractivity contribution in [1.82, 2.24) is 5.32 Å². The number of ether oxygens (including phenoxy) is 1. The van der Waals surface area contributed by atoms with Crippen LogP contribution in [0.15, 0.2) is 75.0 Å². The summed E-state index contributed by atoms with van der Waals surface area (Å²) < 4.78 is 6.68. The number of aliphatic imine (C=N–C) groups is 1. The highest BCUT2D eigenvalue weighted by molar-refractivity contribution is 9.10. The van der Waals surface area contributed by atoms with E-state index in [0.717, 1.165) is 27.7 Å². The van der Waals surface area contributed by atoms with Crippen LogP contribution in [0.5, 0.6) is 5.75 Å². The molecule has 1 aliphatic rings. The number of nitrogens with zero attached hydrogens (tertiary/aromatic N) is 1. The average Bonchev–Trinajstić information content (AvgIpc) is 3.12. The van der Waals surface area contributed by atoms with Gasteiger partial charge in [0.25, 0.3) is 5.91 Å². The lowest BCUT2D eigenvalue weighted by Crippen LogP contribution is -2.19. The fraction of sp³-hybridized carbons (Fsp3) is 0.154. The SMILES string of the molecule is CCc1ccc(N=C2NC(=O)/C(=C/c3cc(Cl)c(OCc4cccc(C)c4)c(Br)c3)S2)cc1. The van der Waals surface area contributed by atoms with E-state index in [1.165, 1.54) is 22.9 Å². The van der Waals surface area contributed by atoms with Gasteiger partial charge in [-0.05, 0) is 88.1 Å². The smallest absolute Gasteiger partial charge is 0.264 e. The minimum absolute atomic E-state index is 0.184. The maximum Gasteiger partial charge on any atom is 0.264 e. The predicted octanol–water partition coefficient (Wildman–Crippen LogP) is 7.44. The summed E-state index contributed by atoms with van der Waals surface area (Å²) in [5.74, 6) is 0.387. The molecule has 1 saturated heterocycles. The Hall–Kier alpha value is -2.54. The van der Waals surface area contributed by atoms with Gasteiger partial charge in [-0.3, -0.25) is 4.79 Å². The molecule has 168 valence electrons. The molecule has 4 rings (SSSR count). The van der Waals surface area contributed by atoms with E-state index in [9.17, 15) is 4.79 Å². The highest BCUT2D eigenvalue weighted by atomic mass is 79.9. The molecule has 0 spiro atoms. The number of thioether (sulfide) groups is 1. The summed E-state index contributed by atoms with van der Waals surface area (Å²) in [6, 6.07) is 19.8. The Morgan fingerprint density at radius 1 is 1.12 bits per heavy atom. The number of rotatable bonds is 6. The van der Waals surface area contributed by atoms with Crippen molar-refractivity contribution in [3.63, 3.8) is 0 Å². The van der Waals surface area contributed by atoms with Gasteiger partial charge in [0.1, 0.15) is 6.61 Å². The topological polar surface area (TPSA) is 50.7 Å².